The second-order valence-corrected chi connectivity index (χ2v) is 7.33. The van der Waals surface area contributed by atoms with Crippen molar-refractivity contribution in [2.24, 2.45) is 0 Å². The normalized spacial score (nSPS) is 16.4. The molecule has 2 aromatic rings. The van der Waals surface area contributed by atoms with Crippen molar-refractivity contribution in [3.8, 4) is 0 Å². The Labute approximate surface area is 157 Å². The first-order valence-electron chi connectivity index (χ1n) is 8.48. The molecule has 1 N–H and O–H groups in total. The van der Waals surface area contributed by atoms with Crippen molar-refractivity contribution in [2.75, 3.05) is 16.9 Å². The number of anilines is 1. The first-order valence-corrected chi connectivity index (χ1v) is 9.63. The number of hydrogen-bond donors (Lipinski definition) is 1. The molecule has 1 fully saturated rings. The number of nitrogens with zero attached hydrogens (tertiary/aromatic N) is 1. The number of aryl methyl sites for hydroxylation is 2. The molecule has 1 saturated heterocycles. The predicted octanol–water partition coefficient (Wildman–Crippen LogP) is 3.95. The molecule has 6 heteroatoms. The van der Waals surface area contributed by atoms with Gasteiger partial charge in [0, 0.05) is 11.4 Å². The van der Waals surface area contributed by atoms with Crippen LogP contribution in [-0.4, -0.2) is 34.6 Å². The lowest BCUT2D eigenvalue weighted by Crippen LogP contribution is -2.44. The predicted molar refractivity (Wildman–Crippen MR) is 104 cm³/mol. The highest BCUT2D eigenvalue weighted by molar-refractivity contribution is 7.99. The molecule has 2 amide bonds. The first-order chi connectivity index (χ1) is 12.5. The number of ether oxygens (including phenoxy) is 1. The van der Waals surface area contributed by atoms with Crippen LogP contribution < -0.4 is 5.32 Å². The number of hydrogen-bond acceptors (Lipinski definition) is 4. The summed E-state index contributed by atoms with van der Waals surface area (Å²) in [5.74, 6) is 0.842. The second-order valence-electron chi connectivity index (χ2n) is 6.33. The van der Waals surface area contributed by atoms with E-state index in [1.165, 1.54) is 4.90 Å². The van der Waals surface area contributed by atoms with Gasteiger partial charge in [-0.15, -0.1) is 11.8 Å². The fourth-order valence-electron chi connectivity index (χ4n) is 2.81. The van der Waals surface area contributed by atoms with E-state index in [1.54, 1.807) is 11.8 Å². The second kappa shape index (κ2) is 8.27. The van der Waals surface area contributed by atoms with Crippen LogP contribution in [0.15, 0.2) is 48.5 Å². The maximum absolute atomic E-state index is 12.7. The molecular weight excluding hydrogens is 348 g/mol. The highest BCUT2D eigenvalue weighted by Gasteiger charge is 2.35. The van der Waals surface area contributed by atoms with E-state index in [9.17, 15) is 9.59 Å². The van der Waals surface area contributed by atoms with Crippen molar-refractivity contribution in [3.63, 3.8) is 0 Å². The molecule has 1 aliphatic rings. The standard InChI is InChI=1S/C20H22N2O3S/c1-14-8-9-17(15(2)10-14)21-19(23)18-12-26-13-22(18)20(24)25-11-16-6-4-3-5-7-16/h3-10,18H,11-13H2,1-2H3,(H,21,23). The van der Waals surface area contributed by atoms with Gasteiger partial charge in [-0.05, 0) is 31.0 Å². The van der Waals surface area contributed by atoms with E-state index in [-0.39, 0.29) is 12.5 Å². The van der Waals surface area contributed by atoms with Gasteiger partial charge in [0.15, 0.2) is 0 Å². The highest BCUT2D eigenvalue weighted by atomic mass is 32.2. The van der Waals surface area contributed by atoms with E-state index >= 15 is 0 Å². The third kappa shape index (κ3) is 4.38. The smallest absolute Gasteiger partial charge is 0.411 e. The molecule has 1 heterocycles. The average molecular weight is 370 g/mol. The minimum Gasteiger partial charge on any atom is -0.445 e. The monoisotopic (exact) mass is 370 g/mol. The van der Waals surface area contributed by atoms with E-state index in [1.807, 2.05) is 62.4 Å². The van der Waals surface area contributed by atoms with Crippen molar-refractivity contribution in [1.82, 2.24) is 4.90 Å². The number of carbonyl (C=O) groups is 2. The largest absolute Gasteiger partial charge is 0.445 e. The molecule has 0 bridgehead atoms. The number of thioether (sulfide) groups is 1. The topological polar surface area (TPSA) is 58.6 Å². The van der Waals surface area contributed by atoms with E-state index in [0.29, 0.717) is 11.6 Å². The summed E-state index contributed by atoms with van der Waals surface area (Å²) >= 11 is 1.55. The molecule has 0 spiro atoms. The zero-order valence-electron chi connectivity index (χ0n) is 14.9. The van der Waals surface area contributed by atoms with E-state index in [0.717, 1.165) is 22.4 Å². The van der Waals surface area contributed by atoms with Gasteiger partial charge in [-0.3, -0.25) is 9.69 Å². The van der Waals surface area contributed by atoms with E-state index in [4.69, 9.17) is 4.74 Å². The van der Waals surface area contributed by atoms with Gasteiger partial charge in [0.1, 0.15) is 12.6 Å². The lowest BCUT2D eigenvalue weighted by atomic mass is 10.1. The number of carbonyl (C=O) groups excluding carboxylic acids is 2. The maximum atomic E-state index is 12.7. The zero-order chi connectivity index (χ0) is 18.5. The molecule has 0 aromatic heterocycles. The van der Waals surface area contributed by atoms with Gasteiger partial charge in [-0.2, -0.15) is 0 Å². The molecule has 1 unspecified atom stereocenters. The number of nitrogens with one attached hydrogen (secondary N) is 1. The Bertz CT molecular complexity index is 795. The van der Waals surface area contributed by atoms with Crippen LogP contribution in [0.25, 0.3) is 0 Å². The summed E-state index contributed by atoms with van der Waals surface area (Å²) in [6.45, 7) is 4.17. The average Bonchev–Trinajstić information content (AvgIpc) is 3.13. The summed E-state index contributed by atoms with van der Waals surface area (Å²) in [6.07, 6.45) is -0.459. The summed E-state index contributed by atoms with van der Waals surface area (Å²) in [6, 6.07) is 14.8. The highest BCUT2D eigenvalue weighted by Crippen LogP contribution is 2.24. The Morgan fingerprint density at radius 1 is 1.19 bits per heavy atom. The Morgan fingerprint density at radius 3 is 2.69 bits per heavy atom. The van der Waals surface area contributed by atoms with Gasteiger partial charge in [-0.1, -0.05) is 48.0 Å². The van der Waals surface area contributed by atoms with E-state index in [2.05, 4.69) is 5.32 Å². The fraction of sp³-hybridized carbons (Fsp3) is 0.300. The van der Waals surface area contributed by atoms with Crippen LogP contribution in [0.5, 0.6) is 0 Å². The SMILES string of the molecule is Cc1ccc(NC(=O)C2CSCN2C(=O)OCc2ccccc2)c(C)c1. The van der Waals surface area contributed by atoms with Crippen LogP contribution in [0.3, 0.4) is 0 Å². The summed E-state index contributed by atoms with van der Waals surface area (Å²) < 4.78 is 5.38. The molecule has 2 aromatic carbocycles. The Balaban J connectivity index is 1.61. The molecule has 0 aliphatic carbocycles. The van der Waals surface area contributed by atoms with Gasteiger partial charge >= 0.3 is 6.09 Å². The molecule has 1 aliphatic heterocycles. The van der Waals surface area contributed by atoms with Gasteiger partial charge < -0.3 is 10.1 Å². The molecule has 26 heavy (non-hydrogen) atoms. The van der Waals surface area contributed by atoms with Crippen LogP contribution in [0, 0.1) is 13.8 Å². The fourth-order valence-corrected chi connectivity index (χ4v) is 3.95. The molecule has 0 radical (unpaired) electrons. The number of benzene rings is 2. The van der Waals surface area contributed by atoms with Gasteiger partial charge in [0.2, 0.25) is 5.91 Å². The molecule has 1 atom stereocenters. The summed E-state index contributed by atoms with van der Waals surface area (Å²) in [4.78, 5) is 26.6. The minimum atomic E-state index is -0.524. The zero-order valence-corrected chi connectivity index (χ0v) is 15.7. The van der Waals surface area contributed by atoms with Gasteiger partial charge in [0.05, 0.1) is 5.88 Å². The molecular formula is C20H22N2O3S. The van der Waals surface area contributed by atoms with Gasteiger partial charge in [0.25, 0.3) is 0 Å². The van der Waals surface area contributed by atoms with Crippen LogP contribution >= 0.6 is 11.8 Å². The lowest BCUT2D eigenvalue weighted by molar-refractivity contribution is -0.119. The van der Waals surface area contributed by atoms with Crippen molar-refractivity contribution < 1.29 is 14.3 Å². The van der Waals surface area contributed by atoms with E-state index < -0.39 is 12.1 Å². The number of rotatable bonds is 4. The minimum absolute atomic E-state index is 0.182. The molecule has 136 valence electrons. The quantitative estimate of drug-likeness (QED) is 0.885. The van der Waals surface area contributed by atoms with Crippen molar-refractivity contribution in [3.05, 3.63) is 65.2 Å². The Kier molecular flexibility index (Phi) is 5.83. The van der Waals surface area contributed by atoms with Crippen molar-refractivity contribution in [1.29, 1.82) is 0 Å². The third-order valence-electron chi connectivity index (χ3n) is 4.26. The molecule has 0 saturated carbocycles. The summed E-state index contributed by atoms with van der Waals surface area (Å²) in [5, 5.41) is 2.94. The Morgan fingerprint density at radius 2 is 1.96 bits per heavy atom. The van der Waals surface area contributed by atoms with Gasteiger partial charge in [-0.25, -0.2) is 4.79 Å². The summed E-state index contributed by atoms with van der Waals surface area (Å²) in [7, 11) is 0. The number of amides is 2. The first kappa shape index (κ1) is 18.3. The van der Waals surface area contributed by atoms with Crippen LogP contribution in [0.1, 0.15) is 16.7 Å². The maximum Gasteiger partial charge on any atom is 0.411 e. The molecule has 5 nitrogen and oxygen atoms in total. The summed E-state index contributed by atoms with van der Waals surface area (Å²) in [5.41, 5.74) is 3.84. The van der Waals surface area contributed by atoms with Crippen LogP contribution in [0.4, 0.5) is 10.5 Å². The lowest BCUT2D eigenvalue weighted by Gasteiger charge is -2.23. The van der Waals surface area contributed by atoms with Crippen LogP contribution in [-0.2, 0) is 16.1 Å². The molecule has 3 rings (SSSR count). The van der Waals surface area contributed by atoms with Crippen LogP contribution in [0.2, 0.25) is 0 Å². The van der Waals surface area contributed by atoms with Crippen molar-refractivity contribution >= 4 is 29.4 Å². The Hall–Kier alpha value is -2.47. The third-order valence-corrected chi connectivity index (χ3v) is 5.28. The van der Waals surface area contributed by atoms with Crippen molar-refractivity contribution in [2.45, 2.75) is 26.5 Å².